The maximum Gasteiger partial charge on any atom is 0.295 e. The number of methoxy groups -OCH3 is 2. The molecule has 1 aliphatic heterocycles. The SMILES string of the molecule is COc1ccc([C@@H]2C(=C(O)c3ccccc3)C(=O)C(=O)N2C[C@@H](C)O)c(OC)c1. The Bertz CT molecular complexity index is 951. The summed E-state index contributed by atoms with van der Waals surface area (Å²) in [5.74, 6) is -0.937. The number of ether oxygens (including phenoxy) is 2. The average molecular weight is 397 g/mol. The van der Waals surface area contributed by atoms with Crippen LogP contribution in [0.1, 0.15) is 24.1 Å². The number of ketones is 1. The minimum Gasteiger partial charge on any atom is -0.507 e. The molecule has 2 N–H and O–H groups in total. The molecule has 3 rings (SSSR count). The number of carbonyl (C=O) groups excluding carboxylic acids is 2. The molecule has 0 aliphatic carbocycles. The Morgan fingerprint density at radius 1 is 1.10 bits per heavy atom. The van der Waals surface area contributed by atoms with E-state index in [2.05, 4.69) is 0 Å². The van der Waals surface area contributed by atoms with E-state index in [0.29, 0.717) is 22.6 Å². The third-order valence-corrected chi connectivity index (χ3v) is 4.78. The van der Waals surface area contributed by atoms with Crippen molar-refractivity contribution in [3.8, 4) is 11.5 Å². The highest BCUT2D eigenvalue weighted by Crippen LogP contribution is 2.43. The highest BCUT2D eigenvalue weighted by atomic mass is 16.5. The highest BCUT2D eigenvalue weighted by Gasteiger charge is 2.47. The lowest BCUT2D eigenvalue weighted by atomic mass is 9.94. The van der Waals surface area contributed by atoms with Crippen LogP contribution in [-0.4, -0.2) is 53.7 Å². The van der Waals surface area contributed by atoms with Crippen molar-refractivity contribution in [3.05, 3.63) is 65.2 Å². The molecule has 29 heavy (non-hydrogen) atoms. The Kier molecular flexibility index (Phi) is 5.89. The first-order chi connectivity index (χ1) is 13.9. The van der Waals surface area contributed by atoms with Crippen molar-refractivity contribution in [3.63, 3.8) is 0 Å². The van der Waals surface area contributed by atoms with Crippen LogP contribution in [-0.2, 0) is 9.59 Å². The second-order valence-electron chi connectivity index (χ2n) is 6.77. The van der Waals surface area contributed by atoms with E-state index in [1.165, 1.54) is 26.0 Å². The van der Waals surface area contributed by atoms with Crippen molar-refractivity contribution >= 4 is 17.4 Å². The van der Waals surface area contributed by atoms with Crippen LogP contribution in [0.3, 0.4) is 0 Å². The Morgan fingerprint density at radius 3 is 2.38 bits per heavy atom. The summed E-state index contributed by atoms with van der Waals surface area (Å²) in [4.78, 5) is 26.9. The fourth-order valence-corrected chi connectivity index (χ4v) is 3.47. The van der Waals surface area contributed by atoms with E-state index in [9.17, 15) is 19.8 Å². The average Bonchev–Trinajstić information content (AvgIpc) is 2.97. The van der Waals surface area contributed by atoms with E-state index < -0.39 is 23.8 Å². The molecule has 0 unspecified atom stereocenters. The van der Waals surface area contributed by atoms with Gasteiger partial charge in [0.25, 0.3) is 11.7 Å². The molecule has 1 amide bonds. The molecule has 0 aromatic heterocycles. The number of aliphatic hydroxyl groups excluding tert-OH is 2. The van der Waals surface area contributed by atoms with Crippen LogP contribution < -0.4 is 9.47 Å². The second kappa shape index (κ2) is 8.36. The molecule has 2 aromatic carbocycles. The molecule has 152 valence electrons. The Hall–Kier alpha value is -3.32. The van der Waals surface area contributed by atoms with Crippen LogP contribution in [0.4, 0.5) is 0 Å². The van der Waals surface area contributed by atoms with Gasteiger partial charge in [-0.25, -0.2) is 0 Å². The van der Waals surface area contributed by atoms with Gasteiger partial charge in [0.2, 0.25) is 0 Å². The maximum atomic E-state index is 12.9. The lowest BCUT2D eigenvalue weighted by Gasteiger charge is -2.27. The van der Waals surface area contributed by atoms with Crippen molar-refractivity contribution in [1.82, 2.24) is 4.90 Å². The van der Waals surface area contributed by atoms with Gasteiger partial charge in [-0.2, -0.15) is 0 Å². The van der Waals surface area contributed by atoms with Gasteiger partial charge in [0.15, 0.2) is 0 Å². The molecule has 1 heterocycles. The van der Waals surface area contributed by atoms with Crippen LogP contribution in [0.25, 0.3) is 5.76 Å². The van der Waals surface area contributed by atoms with Gasteiger partial charge in [0.1, 0.15) is 17.3 Å². The molecule has 0 saturated carbocycles. The molecule has 7 heteroatoms. The van der Waals surface area contributed by atoms with Crippen LogP contribution in [0, 0.1) is 0 Å². The molecule has 1 fully saturated rings. The molecule has 0 spiro atoms. The summed E-state index contributed by atoms with van der Waals surface area (Å²) < 4.78 is 10.7. The molecule has 1 aliphatic rings. The maximum absolute atomic E-state index is 12.9. The van der Waals surface area contributed by atoms with Gasteiger partial charge in [-0.1, -0.05) is 30.3 Å². The number of hydrogen-bond donors (Lipinski definition) is 2. The molecule has 7 nitrogen and oxygen atoms in total. The lowest BCUT2D eigenvalue weighted by molar-refractivity contribution is -0.140. The zero-order valence-corrected chi connectivity index (χ0v) is 16.5. The van der Waals surface area contributed by atoms with Crippen molar-refractivity contribution < 1.29 is 29.3 Å². The fraction of sp³-hybridized carbons (Fsp3) is 0.273. The van der Waals surface area contributed by atoms with E-state index in [1.54, 1.807) is 48.5 Å². The Labute approximate surface area is 168 Å². The summed E-state index contributed by atoms with van der Waals surface area (Å²) in [6, 6.07) is 12.6. The van der Waals surface area contributed by atoms with E-state index in [4.69, 9.17) is 9.47 Å². The second-order valence-corrected chi connectivity index (χ2v) is 6.77. The number of likely N-dealkylation sites (tertiary alicyclic amines) is 1. The Morgan fingerprint density at radius 2 is 1.79 bits per heavy atom. The molecule has 2 atom stereocenters. The minimum atomic E-state index is -0.911. The van der Waals surface area contributed by atoms with Gasteiger partial charge < -0.3 is 24.6 Å². The van der Waals surface area contributed by atoms with E-state index in [1.807, 2.05) is 0 Å². The van der Waals surface area contributed by atoms with Crippen molar-refractivity contribution in [2.45, 2.75) is 19.1 Å². The molecule has 0 radical (unpaired) electrons. The molecule has 0 bridgehead atoms. The number of amides is 1. The number of carbonyl (C=O) groups is 2. The zero-order valence-electron chi connectivity index (χ0n) is 16.5. The van der Waals surface area contributed by atoms with Gasteiger partial charge in [0.05, 0.1) is 31.9 Å². The van der Waals surface area contributed by atoms with Crippen molar-refractivity contribution in [2.24, 2.45) is 0 Å². The van der Waals surface area contributed by atoms with Gasteiger partial charge in [-0.3, -0.25) is 9.59 Å². The summed E-state index contributed by atoms with van der Waals surface area (Å²) in [6.45, 7) is 1.45. The van der Waals surface area contributed by atoms with Gasteiger partial charge >= 0.3 is 0 Å². The number of β-amino-alcohol motifs (C(OH)–C–C–N with tert-alkyl or cyclic N) is 1. The number of benzene rings is 2. The van der Waals surface area contributed by atoms with Gasteiger partial charge in [-0.15, -0.1) is 0 Å². The third kappa shape index (κ3) is 3.82. The summed E-state index contributed by atoms with van der Waals surface area (Å²) in [5.41, 5.74) is 0.871. The van der Waals surface area contributed by atoms with Gasteiger partial charge in [0, 0.05) is 23.7 Å². The third-order valence-electron chi connectivity index (χ3n) is 4.78. The number of Topliss-reactive ketones (excluding diaryl/α,β-unsaturated/α-hetero) is 1. The fourth-order valence-electron chi connectivity index (χ4n) is 3.47. The predicted molar refractivity (Wildman–Crippen MR) is 107 cm³/mol. The highest BCUT2D eigenvalue weighted by molar-refractivity contribution is 6.46. The van der Waals surface area contributed by atoms with Crippen LogP contribution in [0.5, 0.6) is 11.5 Å². The van der Waals surface area contributed by atoms with Gasteiger partial charge in [-0.05, 0) is 19.1 Å². The molecule has 1 saturated heterocycles. The lowest BCUT2D eigenvalue weighted by Crippen LogP contribution is -2.35. The predicted octanol–water partition coefficient (Wildman–Crippen LogP) is 2.51. The first kappa shape index (κ1) is 20.4. The first-order valence-corrected chi connectivity index (χ1v) is 9.12. The van der Waals surface area contributed by atoms with Crippen LogP contribution >= 0.6 is 0 Å². The summed E-state index contributed by atoms with van der Waals surface area (Å²) >= 11 is 0. The number of nitrogens with zero attached hydrogens (tertiary/aromatic N) is 1. The molecular weight excluding hydrogens is 374 g/mol. The quantitative estimate of drug-likeness (QED) is 0.442. The molecule has 2 aromatic rings. The largest absolute Gasteiger partial charge is 0.507 e. The standard InChI is InChI=1S/C22H23NO6/c1-13(24)12-23-19(16-10-9-15(28-2)11-17(16)29-3)18(21(26)22(23)27)20(25)14-7-5-4-6-8-14/h4-11,13,19,24-25H,12H2,1-3H3/t13-,19-/m1/s1. The van der Waals surface area contributed by atoms with Crippen molar-refractivity contribution in [2.75, 3.05) is 20.8 Å². The summed E-state index contributed by atoms with van der Waals surface area (Å²) in [6.07, 6.45) is -0.864. The van der Waals surface area contributed by atoms with Crippen LogP contribution in [0.2, 0.25) is 0 Å². The van der Waals surface area contributed by atoms with E-state index >= 15 is 0 Å². The number of aliphatic hydroxyl groups is 2. The topological polar surface area (TPSA) is 96.3 Å². The monoisotopic (exact) mass is 397 g/mol. The smallest absolute Gasteiger partial charge is 0.295 e. The summed E-state index contributed by atoms with van der Waals surface area (Å²) in [5, 5.41) is 20.8. The normalized spacial score (nSPS) is 19.3. The zero-order chi connectivity index (χ0) is 21.1. The number of hydrogen-bond acceptors (Lipinski definition) is 6. The summed E-state index contributed by atoms with van der Waals surface area (Å²) in [7, 11) is 2.99. The Balaban J connectivity index is 2.24. The van der Waals surface area contributed by atoms with Crippen molar-refractivity contribution in [1.29, 1.82) is 0 Å². The van der Waals surface area contributed by atoms with E-state index in [-0.39, 0.29) is 17.9 Å². The van der Waals surface area contributed by atoms with E-state index in [0.717, 1.165) is 0 Å². The minimum absolute atomic E-state index is 0.0506. The number of rotatable bonds is 6. The first-order valence-electron chi connectivity index (χ1n) is 9.12. The molecular formula is C22H23NO6. The van der Waals surface area contributed by atoms with Crippen LogP contribution in [0.15, 0.2) is 54.1 Å².